The molecule has 5 rings (SSSR count). The van der Waals surface area contributed by atoms with Crippen LogP contribution in [0.3, 0.4) is 0 Å². The van der Waals surface area contributed by atoms with Crippen LogP contribution in [0.2, 0.25) is 0 Å². The highest BCUT2D eigenvalue weighted by Crippen LogP contribution is 2.42. The van der Waals surface area contributed by atoms with Crippen LogP contribution < -0.4 is 0 Å². The molecule has 4 heterocycles. The van der Waals surface area contributed by atoms with Crippen LogP contribution in [0.4, 0.5) is 4.39 Å². The molecule has 2 bridgehead atoms. The minimum absolute atomic E-state index is 0.159. The Bertz CT molecular complexity index is 889. The zero-order valence-electron chi connectivity index (χ0n) is 17.4. The van der Waals surface area contributed by atoms with Crippen LogP contribution in [-0.2, 0) is 17.6 Å². The highest BCUT2D eigenvalue weighted by atomic mass is 19.1. The van der Waals surface area contributed by atoms with E-state index in [2.05, 4.69) is 14.8 Å². The molecular weight excluding hydrogens is 377 g/mol. The van der Waals surface area contributed by atoms with Gasteiger partial charge in [0.15, 0.2) is 0 Å². The average Bonchev–Trinajstić information content (AvgIpc) is 2.77. The van der Waals surface area contributed by atoms with Crippen LogP contribution in [0.25, 0.3) is 0 Å². The largest absolute Gasteiger partial charge is 0.342 e. The number of piperidine rings is 3. The fourth-order valence-electron chi connectivity index (χ4n) is 6.09. The Kier molecular flexibility index (Phi) is 5.55. The summed E-state index contributed by atoms with van der Waals surface area (Å²) in [7, 11) is 0. The molecule has 30 heavy (non-hydrogen) atoms. The van der Waals surface area contributed by atoms with Gasteiger partial charge in [-0.1, -0.05) is 24.6 Å². The van der Waals surface area contributed by atoms with Gasteiger partial charge in [-0.15, -0.1) is 0 Å². The summed E-state index contributed by atoms with van der Waals surface area (Å²) in [5.41, 5.74) is 2.05. The third-order valence-corrected chi connectivity index (χ3v) is 7.39. The van der Waals surface area contributed by atoms with E-state index in [1.54, 1.807) is 18.5 Å². The van der Waals surface area contributed by atoms with Crippen LogP contribution in [-0.4, -0.2) is 52.4 Å². The number of fused-ring (bicyclic) bond motifs is 4. The summed E-state index contributed by atoms with van der Waals surface area (Å²) in [6.07, 6.45) is 9.77. The lowest BCUT2D eigenvalue weighted by Gasteiger charge is -2.57. The lowest BCUT2D eigenvalue weighted by atomic mass is 9.71. The summed E-state index contributed by atoms with van der Waals surface area (Å²) in [6.45, 7) is 2.84. The fourth-order valence-corrected chi connectivity index (χ4v) is 6.09. The lowest BCUT2D eigenvalue weighted by molar-refractivity contribution is -0.140. The number of amides is 1. The smallest absolute Gasteiger partial charge is 0.227 e. The van der Waals surface area contributed by atoms with Gasteiger partial charge in [-0.3, -0.25) is 14.7 Å². The maximum absolute atomic E-state index is 13.8. The van der Waals surface area contributed by atoms with Crippen molar-refractivity contribution in [1.82, 2.24) is 14.8 Å². The number of likely N-dealkylation sites (tertiary alicyclic amines) is 1. The van der Waals surface area contributed by atoms with E-state index in [1.807, 2.05) is 24.3 Å². The molecular formula is C25H30FN3O. The second-order valence-corrected chi connectivity index (χ2v) is 9.29. The van der Waals surface area contributed by atoms with Crippen molar-refractivity contribution in [1.29, 1.82) is 0 Å². The second kappa shape index (κ2) is 8.46. The maximum atomic E-state index is 13.8. The van der Waals surface area contributed by atoms with Crippen molar-refractivity contribution in [3.63, 3.8) is 0 Å². The third kappa shape index (κ3) is 4.00. The Morgan fingerprint density at radius 2 is 1.97 bits per heavy atom. The average molecular weight is 408 g/mol. The predicted molar refractivity (Wildman–Crippen MR) is 114 cm³/mol. The molecule has 5 heteroatoms. The standard InChI is InChI=1S/C25H30FN3O/c26-22-7-3-5-18(11-22)12-24-21-14-20(23-8-1-2-10-29(23)24)16-28(17-21)25(30)13-19-6-4-9-27-15-19/h3-7,9,11,15,20-21,23-24H,1-2,8,10,12-14,16-17H2/t20-,21+,23+,24+/m1/s1. The van der Waals surface area contributed by atoms with Gasteiger partial charge in [-0.25, -0.2) is 4.39 Å². The molecule has 4 atom stereocenters. The molecule has 1 amide bonds. The monoisotopic (exact) mass is 407 g/mol. The van der Waals surface area contributed by atoms with Crippen molar-refractivity contribution in [2.24, 2.45) is 11.8 Å². The van der Waals surface area contributed by atoms with Crippen molar-refractivity contribution in [3.05, 3.63) is 65.7 Å². The Hall–Kier alpha value is -2.27. The molecule has 2 aromatic rings. The van der Waals surface area contributed by atoms with E-state index in [9.17, 15) is 9.18 Å². The Labute approximate surface area is 178 Å². The van der Waals surface area contributed by atoms with Gasteiger partial charge >= 0.3 is 0 Å². The minimum Gasteiger partial charge on any atom is -0.342 e. The van der Waals surface area contributed by atoms with E-state index in [-0.39, 0.29) is 11.7 Å². The van der Waals surface area contributed by atoms with E-state index < -0.39 is 0 Å². The first-order valence-electron chi connectivity index (χ1n) is 11.3. The van der Waals surface area contributed by atoms with Gasteiger partial charge in [0.2, 0.25) is 5.91 Å². The molecule has 158 valence electrons. The van der Waals surface area contributed by atoms with Gasteiger partial charge in [0.1, 0.15) is 5.82 Å². The second-order valence-electron chi connectivity index (χ2n) is 9.29. The summed E-state index contributed by atoms with van der Waals surface area (Å²) < 4.78 is 13.8. The number of nitrogens with zero attached hydrogens (tertiary/aromatic N) is 3. The van der Waals surface area contributed by atoms with Crippen LogP contribution in [0.5, 0.6) is 0 Å². The highest BCUT2D eigenvalue weighted by molar-refractivity contribution is 5.78. The van der Waals surface area contributed by atoms with E-state index in [0.717, 1.165) is 37.2 Å². The van der Waals surface area contributed by atoms with Gasteiger partial charge in [0.25, 0.3) is 0 Å². The lowest BCUT2D eigenvalue weighted by Crippen LogP contribution is -2.64. The van der Waals surface area contributed by atoms with Gasteiger partial charge in [0, 0.05) is 37.6 Å². The van der Waals surface area contributed by atoms with Gasteiger partial charge in [-0.2, -0.15) is 0 Å². The number of rotatable bonds is 4. The quantitative estimate of drug-likeness (QED) is 0.775. The fraction of sp³-hybridized carbons (Fsp3) is 0.520. The predicted octanol–water partition coefficient (Wildman–Crippen LogP) is 3.71. The topological polar surface area (TPSA) is 36.4 Å². The molecule has 4 nitrogen and oxygen atoms in total. The molecule has 3 aliphatic heterocycles. The maximum Gasteiger partial charge on any atom is 0.227 e. The van der Waals surface area contributed by atoms with Crippen molar-refractivity contribution in [3.8, 4) is 0 Å². The molecule has 1 aromatic carbocycles. The number of halogens is 1. The van der Waals surface area contributed by atoms with Gasteiger partial charge in [-0.05, 0) is 73.4 Å². The molecule has 3 fully saturated rings. The molecule has 0 saturated carbocycles. The Morgan fingerprint density at radius 3 is 2.80 bits per heavy atom. The first kappa shape index (κ1) is 19.7. The Morgan fingerprint density at radius 1 is 1.10 bits per heavy atom. The molecule has 0 unspecified atom stereocenters. The summed E-state index contributed by atoms with van der Waals surface area (Å²) in [5, 5.41) is 0. The molecule has 0 radical (unpaired) electrons. The number of benzene rings is 1. The van der Waals surface area contributed by atoms with E-state index in [0.29, 0.717) is 30.3 Å². The van der Waals surface area contributed by atoms with E-state index in [4.69, 9.17) is 0 Å². The number of hydrogen-bond donors (Lipinski definition) is 0. The van der Waals surface area contributed by atoms with E-state index in [1.165, 1.54) is 31.7 Å². The number of pyridine rings is 1. The van der Waals surface area contributed by atoms with Crippen molar-refractivity contribution < 1.29 is 9.18 Å². The van der Waals surface area contributed by atoms with Crippen molar-refractivity contribution >= 4 is 5.91 Å². The van der Waals surface area contributed by atoms with Crippen molar-refractivity contribution in [2.75, 3.05) is 19.6 Å². The number of hydrogen-bond acceptors (Lipinski definition) is 3. The first-order valence-corrected chi connectivity index (χ1v) is 11.3. The Balaban J connectivity index is 1.36. The molecule has 0 N–H and O–H groups in total. The van der Waals surface area contributed by atoms with Crippen LogP contribution >= 0.6 is 0 Å². The van der Waals surface area contributed by atoms with Crippen molar-refractivity contribution in [2.45, 2.75) is 50.6 Å². The van der Waals surface area contributed by atoms with Crippen LogP contribution in [0, 0.1) is 17.7 Å². The highest BCUT2D eigenvalue weighted by Gasteiger charge is 2.47. The van der Waals surface area contributed by atoms with Crippen LogP contribution in [0.15, 0.2) is 48.8 Å². The third-order valence-electron chi connectivity index (χ3n) is 7.39. The van der Waals surface area contributed by atoms with Crippen LogP contribution in [0.1, 0.15) is 36.8 Å². The zero-order valence-corrected chi connectivity index (χ0v) is 17.4. The summed E-state index contributed by atoms with van der Waals surface area (Å²) in [5.74, 6) is 1.07. The van der Waals surface area contributed by atoms with E-state index >= 15 is 0 Å². The summed E-state index contributed by atoms with van der Waals surface area (Å²) >= 11 is 0. The molecule has 3 aliphatic rings. The zero-order chi connectivity index (χ0) is 20.5. The summed E-state index contributed by atoms with van der Waals surface area (Å²) in [4.78, 5) is 22.1. The SMILES string of the molecule is O=C(Cc1cccnc1)N1C[C@H]2C[C@@H](C1)[C@H](Cc1cccc(F)c1)N1CCCC[C@@H]21. The minimum atomic E-state index is -0.159. The number of carbonyl (C=O) groups is 1. The first-order chi connectivity index (χ1) is 14.7. The molecule has 0 aliphatic carbocycles. The molecule has 3 saturated heterocycles. The molecule has 1 aromatic heterocycles. The van der Waals surface area contributed by atoms with Gasteiger partial charge in [0.05, 0.1) is 6.42 Å². The molecule has 0 spiro atoms. The normalized spacial score (nSPS) is 28.8. The number of aromatic nitrogens is 1. The number of carbonyl (C=O) groups excluding carboxylic acids is 1. The van der Waals surface area contributed by atoms with Gasteiger partial charge < -0.3 is 4.90 Å². The summed E-state index contributed by atoms with van der Waals surface area (Å²) in [6, 6.07) is 11.9.